The summed E-state index contributed by atoms with van der Waals surface area (Å²) in [5, 5.41) is 0. The Balaban J connectivity index is 1.95. The Hall–Kier alpha value is -0.780. The first-order valence-corrected chi connectivity index (χ1v) is 14.2. The number of Topliss-reactive ketones (excluding diaryl/α,β-unsaturated/α-hetero) is 1. The van der Waals surface area contributed by atoms with Crippen LogP contribution in [0.5, 0.6) is 0 Å². The Kier molecular flexibility index (Phi) is 15.4. The summed E-state index contributed by atoms with van der Waals surface area (Å²) in [5.74, 6) is -0.0284. The fourth-order valence-electron chi connectivity index (χ4n) is 3.61. The summed E-state index contributed by atoms with van der Waals surface area (Å²) < 4.78 is 22.9. The van der Waals surface area contributed by atoms with E-state index in [1.54, 1.807) is 24.3 Å². The van der Waals surface area contributed by atoms with Crippen molar-refractivity contribution < 1.29 is 10.9 Å². The summed E-state index contributed by atoms with van der Waals surface area (Å²) in [7, 11) is 0. The lowest BCUT2D eigenvalue weighted by Gasteiger charge is -2.04. The summed E-state index contributed by atoms with van der Waals surface area (Å²) in [6.07, 6.45) is 19.9. The van der Waals surface area contributed by atoms with Crippen LogP contribution in [0.2, 0.25) is 0 Å². The van der Waals surface area contributed by atoms with Crippen molar-refractivity contribution >= 4 is 25.6 Å². The predicted octanol–water partition coefficient (Wildman–Crippen LogP) is 8.50. The van der Waals surface area contributed by atoms with Crippen LogP contribution in [0.25, 0.3) is 0 Å². The van der Waals surface area contributed by atoms with E-state index >= 15 is 0 Å². The van der Waals surface area contributed by atoms with Crippen LogP contribution >= 0.6 is 19.8 Å². The topological polar surface area (TPSA) is 51.2 Å². The van der Waals surface area contributed by atoms with Gasteiger partial charge in [0.05, 0.1) is 3.57 Å². The number of benzene rings is 1. The average Bonchev–Trinajstić information content (AvgIpc) is 2.70. The van der Waals surface area contributed by atoms with Gasteiger partial charge in [-0.25, -0.2) is 6.14 Å². The van der Waals surface area contributed by atoms with E-state index in [-0.39, 0.29) is 9.35 Å². The maximum absolute atomic E-state index is 12.3. The zero-order valence-electron chi connectivity index (χ0n) is 17.7. The lowest BCUT2D eigenvalue weighted by Crippen LogP contribution is -2.02. The quantitative estimate of drug-likeness (QED) is 0.115. The second-order valence-corrected chi connectivity index (χ2v) is 10.2. The molecule has 0 spiro atoms. The number of unbranched alkanes of at least 4 members (excludes halogenated alkanes) is 14. The molecule has 0 amide bonds. The van der Waals surface area contributed by atoms with Crippen molar-refractivity contribution in [3.05, 3.63) is 33.4 Å². The highest BCUT2D eigenvalue weighted by Gasteiger charge is 2.13. The molecule has 160 valence electrons. The van der Waals surface area contributed by atoms with Crippen molar-refractivity contribution in [1.82, 2.24) is 0 Å². The molecule has 0 bridgehead atoms. The molecule has 0 aliphatic heterocycles. The molecule has 1 aromatic rings. The summed E-state index contributed by atoms with van der Waals surface area (Å²) in [5.41, 5.74) is 0.392. The van der Waals surface area contributed by atoms with E-state index in [4.69, 9.17) is 0 Å². The van der Waals surface area contributed by atoms with Crippen LogP contribution < -0.4 is 0 Å². The zero-order valence-corrected chi connectivity index (χ0v) is 19.9. The molecule has 0 unspecified atom stereocenters. The molecule has 0 radical (unpaired) electrons. The van der Waals surface area contributed by atoms with Crippen molar-refractivity contribution in [2.24, 2.45) is 0 Å². The third-order valence-corrected chi connectivity index (χ3v) is 7.24. The fourth-order valence-corrected chi connectivity index (χ4v) is 5.07. The van der Waals surface area contributed by atoms with Gasteiger partial charge >= 0.3 is 19.8 Å². The number of carbonyl (C=O) groups is 1. The van der Waals surface area contributed by atoms with Crippen LogP contribution in [0.1, 0.15) is 120 Å². The molecule has 0 fully saturated rings. The molecule has 4 heteroatoms. The molecule has 1 aromatic carbocycles. The Morgan fingerprint density at radius 3 is 1.57 bits per heavy atom. The van der Waals surface area contributed by atoms with Gasteiger partial charge in [0.25, 0.3) is 0 Å². The molecule has 0 aromatic heterocycles. The molecule has 28 heavy (non-hydrogen) atoms. The number of ketones is 1. The fraction of sp³-hybridized carbons (Fsp3) is 0.708. The van der Waals surface area contributed by atoms with Crippen LogP contribution in [-0.4, -0.2) is 5.78 Å². The van der Waals surface area contributed by atoms with Crippen LogP contribution in [0.15, 0.2) is 24.3 Å². The highest BCUT2D eigenvalue weighted by molar-refractivity contribution is 14.2. The Bertz CT molecular complexity index is 600. The lowest BCUT2D eigenvalue weighted by atomic mass is 10.0. The molecular formula is C24H39IO3. The minimum absolute atomic E-state index is 0.0284. The molecule has 1 rings (SSSR count). The Labute approximate surface area is 179 Å². The van der Waals surface area contributed by atoms with Gasteiger partial charge in [-0.15, -0.1) is 0 Å². The van der Waals surface area contributed by atoms with Crippen LogP contribution in [-0.2, 0) is 6.14 Å². The monoisotopic (exact) mass is 502 g/mol. The van der Waals surface area contributed by atoms with Crippen LogP contribution in [0.4, 0.5) is 0 Å². The van der Waals surface area contributed by atoms with E-state index in [2.05, 4.69) is 6.92 Å². The largest absolute Gasteiger partial charge is 0.341 e. The Morgan fingerprint density at radius 2 is 1.11 bits per heavy atom. The van der Waals surface area contributed by atoms with E-state index < -0.39 is 19.8 Å². The van der Waals surface area contributed by atoms with Gasteiger partial charge in [0.2, 0.25) is 0 Å². The van der Waals surface area contributed by atoms with E-state index in [9.17, 15) is 10.9 Å². The number of rotatable bonds is 18. The van der Waals surface area contributed by atoms with Crippen molar-refractivity contribution in [1.29, 1.82) is 0 Å². The SMILES string of the molecule is CCCCCCCCCCCCCCCCCC(=O)c1ccccc1I(=O)=O. The van der Waals surface area contributed by atoms with E-state index in [0.717, 1.165) is 12.8 Å². The van der Waals surface area contributed by atoms with Gasteiger partial charge in [0.1, 0.15) is 0 Å². The predicted molar refractivity (Wildman–Crippen MR) is 124 cm³/mol. The highest BCUT2D eigenvalue weighted by atomic mass is 127. The number of hydrogen-bond acceptors (Lipinski definition) is 3. The highest BCUT2D eigenvalue weighted by Crippen LogP contribution is 2.23. The molecule has 0 saturated carbocycles. The summed E-state index contributed by atoms with van der Waals surface area (Å²) >= 11 is -3.60. The van der Waals surface area contributed by atoms with Gasteiger partial charge in [0.15, 0.2) is 5.78 Å². The molecule has 0 aliphatic carbocycles. The second kappa shape index (κ2) is 17.1. The number of hydrogen-bond donors (Lipinski definition) is 0. The van der Waals surface area contributed by atoms with Crippen molar-refractivity contribution in [2.45, 2.75) is 110 Å². The maximum Gasteiger partial charge on any atom is 0.341 e. The zero-order chi connectivity index (χ0) is 20.5. The normalized spacial score (nSPS) is 11.2. The smallest absolute Gasteiger partial charge is 0.294 e. The van der Waals surface area contributed by atoms with Gasteiger partial charge in [-0.05, 0) is 12.5 Å². The van der Waals surface area contributed by atoms with Gasteiger partial charge in [-0.1, -0.05) is 115 Å². The first kappa shape index (κ1) is 25.3. The standard InChI is InChI=1S/C24H39IO3/c1-2-3-4-5-6-7-8-9-10-11-12-13-14-15-16-21-24(26)22-19-17-18-20-23(22)25(27)28/h17-20H,2-16,21H2,1H3. The van der Waals surface area contributed by atoms with Crippen molar-refractivity contribution in [2.75, 3.05) is 0 Å². The summed E-state index contributed by atoms with van der Waals surface area (Å²) in [4.78, 5) is 12.3. The minimum atomic E-state index is -3.60. The molecule has 3 nitrogen and oxygen atoms in total. The van der Waals surface area contributed by atoms with Crippen molar-refractivity contribution in [3.8, 4) is 0 Å². The molecule has 0 aliphatic rings. The van der Waals surface area contributed by atoms with E-state index in [0.29, 0.717) is 12.0 Å². The van der Waals surface area contributed by atoms with E-state index in [1.165, 1.54) is 83.5 Å². The molecule has 0 atom stereocenters. The molecule has 0 heterocycles. The molecular weight excluding hydrogens is 463 g/mol. The second-order valence-electron chi connectivity index (χ2n) is 7.82. The average molecular weight is 502 g/mol. The van der Waals surface area contributed by atoms with Gasteiger partial charge in [-0.2, -0.15) is 0 Å². The number of carbonyl (C=O) groups excluding carboxylic acids is 1. The third kappa shape index (κ3) is 11.9. The van der Waals surface area contributed by atoms with Crippen molar-refractivity contribution in [3.63, 3.8) is 0 Å². The number of halogens is 1. The first-order valence-electron chi connectivity index (χ1n) is 11.3. The molecule has 0 N–H and O–H groups in total. The van der Waals surface area contributed by atoms with E-state index in [1.807, 2.05) is 0 Å². The first-order chi connectivity index (χ1) is 13.7. The minimum Gasteiger partial charge on any atom is -0.294 e. The summed E-state index contributed by atoms with van der Waals surface area (Å²) in [6.45, 7) is 2.27. The van der Waals surface area contributed by atoms with Gasteiger partial charge in [0, 0.05) is 12.0 Å². The maximum atomic E-state index is 12.3. The third-order valence-electron chi connectivity index (χ3n) is 5.35. The van der Waals surface area contributed by atoms with Gasteiger partial charge < -0.3 is 0 Å². The summed E-state index contributed by atoms with van der Waals surface area (Å²) in [6, 6.07) is 6.61. The lowest BCUT2D eigenvalue weighted by molar-refractivity contribution is 0.0978. The van der Waals surface area contributed by atoms with Crippen LogP contribution in [0, 0.1) is 3.57 Å². The van der Waals surface area contributed by atoms with Gasteiger partial charge in [-0.3, -0.25) is 4.79 Å². The Morgan fingerprint density at radius 1 is 0.679 bits per heavy atom. The van der Waals surface area contributed by atoms with Crippen LogP contribution in [0.3, 0.4) is 0 Å². The molecule has 0 saturated heterocycles.